The Morgan fingerprint density at radius 3 is 2.86 bits per heavy atom. The number of carbonyl (C=O) groups is 1. The lowest BCUT2D eigenvalue weighted by Crippen LogP contribution is -2.42. The van der Waals surface area contributed by atoms with E-state index < -0.39 is 5.82 Å². The minimum atomic E-state index is -0.393. The lowest BCUT2D eigenvalue weighted by atomic mass is 10.2. The van der Waals surface area contributed by atoms with E-state index in [9.17, 15) is 9.18 Å². The molecule has 1 aromatic rings. The number of carbonyl (C=O) groups excluding carboxylic acids is 1. The highest BCUT2D eigenvalue weighted by Gasteiger charge is 2.25. The summed E-state index contributed by atoms with van der Waals surface area (Å²) in [6.45, 7) is 4.87. The maximum atomic E-state index is 13.4. The van der Waals surface area contributed by atoms with E-state index >= 15 is 0 Å². The molecule has 1 fully saturated rings. The number of nitrogens with one attached hydrogen (secondary N) is 1. The van der Waals surface area contributed by atoms with Gasteiger partial charge in [-0.1, -0.05) is 19.1 Å². The normalized spacial score (nSPS) is 16.9. The molecule has 1 saturated heterocycles. The molecule has 2 rings (SSSR count). The monoisotopic (exact) mass is 330 g/mol. The molecule has 4 nitrogen and oxygen atoms in total. The Bertz CT molecular complexity index is 467. The fourth-order valence-corrected chi connectivity index (χ4v) is 2.61. The van der Waals surface area contributed by atoms with Gasteiger partial charge in [0.15, 0.2) is 11.6 Å². The van der Waals surface area contributed by atoms with Gasteiger partial charge in [0.2, 0.25) is 5.91 Å². The van der Waals surface area contributed by atoms with Crippen molar-refractivity contribution in [3.8, 4) is 5.75 Å². The topological polar surface area (TPSA) is 41.6 Å². The van der Waals surface area contributed by atoms with Crippen LogP contribution in [0.4, 0.5) is 4.39 Å². The summed E-state index contributed by atoms with van der Waals surface area (Å²) in [5.41, 5.74) is 0. The van der Waals surface area contributed by atoms with E-state index in [0.29, 0.717) is 0 Å². The van der Waals surface area contributed by atoms with Gasteiger partial charge in [0.05, 0.1) is 13.0 Å². The van der Waals surface area contributed by atoms with Crippen LogP contribution in [0.1, 0.15) is 26.2 Å². The zero-order valence-electron chi connectivity index (χ0n) is 12.9. The van der Waals surface area contributed by atoms with Gasteiger partial charge in [0, 0.05) is 19.1 Å². The molecule has 0 bridgehead atoms. The smallest absolute Gasteiger partial charge is 0.226 e. The maximum Gasteiger partial charge on any atom is 0.226 e. The fraction of sp³-hybridized carbons (Fsp3) is 0.562. The van der Waals surface area contributed by atoms with Gasteiger partial charge in [-0.05, 0) is 31.5 Å². The number of para-hydroxylation sites is 1. The first-order valence-electron chi connectivity index (χ1n) is 7.60. The van der Waals surface area contributed by atoms with E-state index in [1.165, 1.54) is 6.07 Å². The van der Waals surface area contributed by atoms with E-state index in [2.05, 4.69) is 12.2 Å². The van der Waals surface area contributed by atoms with Crippen LogP contribution in [0.5, 0.6) is 5.75 Å². The van der Waals surface area contributed by atoms with Gasteiger partial charge in [0.1, 0.15) is 0 Å². The predicted octanol–water partition coefficient (Wildman–Crippen LogP) is 2.62. The highest BCUT2D eigenvalue weighted by molar-refractivity contribution is 5.85. The summed E-state index contributed by atoms with van der Waals surface area (Å²) in [5, 5.41) is 3.28. The molecule has 22 heavy (non-hydrogen) atoms. The number of hydrogen-bond acceptors (Lipinski definition) is 3. The van der Waals surface area contributed by atoms with Gasteiger partial charge >= 0.3 is 0 Å². The fourth-order valence-electron chi connectivity index (χ4n) is 2.61. The Morgan fingerprint density at radius 2 is 2.23 bits per heavy atom. The molecule has 1 aromatic carbocycles. The van der Waals surface area contributed by atoms with Crippen LogP contribution in [0.3, 0.4) is 0 Å². The summed E-state index contributed by atoms with van der Waals surface area (Å²) in [4.78, 5) is 14.3. The highest BCUT2D eigenvalue weighted by atomic mass is 35.5. The number of benzene rings is 1. The SMILES string of the molecule is CCCN(C(=O)CCOc1ccccc1F)C1CCNC1.Cl. The third kappa shape index (κ3) is 5.14. The maximum absolute atomic E-state index is 13.4. The van der Waals surface area contributed by atoms with Crippen LogP contribution >= 0.6 is 12.4 Å². The molecule has 1 unspecified atom stereocenters. The van der Waals surface area contributed by atoms with Crippen LogP contribution in [0.15, 0.2) is 24.3 Å². The van der Waals surface area contributed by atoms with Crippen molar-refractivity contribution in [1.82, 2.24) is 10.2 Å². The van der Waals surface area contributed by atoms with E-state index in [0.717, 1.165) is 32.5 Å². The van der Waals surface area contributed by atoms with E-state index in [4.69, 9.17) is 4.74 Å². The Hall–Kier alpha value is -1.33. The predicted molar refractivity (Wildman–Crippen MR) is 87.0 cm³/mol. The van der Waals surface area contributed by atoms with Crippen LogP contribution in [0.2, 0.25) is 0 Å². The minimum Gasteiger partial charge on any atom is -0.490 e. The zero-order chi connectivity index (χ0) is 15.1. The lowest BCUT2D eigenvalue weighted by molar-refractivity contribution is -0.133. The number of ether oxygens (including phenoxy) is 1. The zero-order valence-corrected chi connectivity index (χ0v) is 13.7. The highest BCUT2D eigenvalue weighted by Crippen LogP contribution is 2.16. The standard InChI is InChI=1S/C16H23FN2O2.ClH/c1-2-10-19(13-7-9-18-12-13)16(20)8-11-21-15-6-4-3-5-14(15)17;/h3-6,13,18H,2,7-12H2,1H3;1H. The first-order valence-corrected chi connectivity index (χ1v) is 7.60. The minimum absolute atomic E-state index is 0. The molecule has 1 heterocycles. The number of hydrogen-bond donors (Lipinski definition) is 1. The van der Waals surface area contributed by atoms with Crippen molar-refractivity contribution in [3.63, 3.8) is 0 Å². The van der Waals surface area contributed by atoms with Crippen LogP contribution in [-0.4, -0.2) is 43.1 Å². The Labute approximate surface area is 137 Å². The molecule has 1 aliphatic heterocycles. The summed E-state index contributed by atoms with van der Waals surface area (Å²) in [7, 11) is 0. The van der Waals surface area contributed by atoms with Gasteiger partial charge < -0.3 is 15.0 Å². The quantitative estimate of drug-likeness (QED) is 0.835. The summed E-state index contributed by atoms with van der Waals surface area (Å²) >= 11 is 0. The molecule has 1 aliphatic rings. The molecule has 1 amide bonds. The second kappa shape index (κ2) is 9.64. The summed E-state index contributed by atoms with van der Waals surface area (Å²) in [5.74, 6) is -0.105. The molecular formula is C16H24ClFN2O2. The molecule has 0 aromatic heterocycles. The Morgan fingerprint density at radius 1 is 1.45 bits per heavy atom. The van der Waals surface area contributed by atoms with Crippen LogP contribution < -0.4 is 10.1 Å². The van der Waals surface area contributed by atoms with Gasteiger partial charge in [-0.25, -0.2) is 4.39 Å². The number of rotatable bonds is 7. The van der Waals surface area contributed by atoms with E-state index in [-0.39, 0.29) is 43.1 Å². The van der Waals surface area contributed by atoms with Gasteiger partial charge in [0.25, 0.3) is 0 Å². The molecule has 0 aliphatic carbocycles. The number of amides is 1. The van der Waals surface area contributed by atoms with Crippen LogP contribution in [0.25, 0.3) is 0 Å². The second-order valence-corrected chi connectivity index (χ2v) is 5.26. The average Bonchev–Trinajstić information content (AvgIpc) is 3.00. The van der Waals surface area contributed by atoms with Crippen molar-refractivity contribution in [2.45, 2.75) is 32.2 Å². The van der Waals surface area contributed by atoms with Crippen molar-refractivity contribution in [1.29, 1.82) is 0 Å². The molecule has 124 valence electrons. The molecule has 0 radical (unpaired) electrons. The van der Waals surface area contributed by atoms with E-state index in [1.54, 1.807) is 18.2 Å². The van der Waals surface area contributed by atoms with E-state index in [1.807, 2.05) is 4.90 Å². The average molecular weight is 331 g/mol. The largest absolute Gasteiger partial charge is 0.490 e. The van der Waals surface area contributed by atoms with Crippen molar-refractivity contribution in [2.75, 3.05) is 26.2 Å². The van der Waals surface area contributed by atoms with Gasteiger partial charge in [-0.3, -0.25) is 4.79 Å². The Kier molecular flexibility index (Phi) is 8.20. The van der Waals surface area contributed by atoms with Gasteiger partial charge in [-0.15, -0.1) is 12.4 Å². The first kappa shape index (κ1) is 18.7. The summed E-state index contributed by atoms with van der Waals surface area (Å²) in [6.07, 6.45) is 2.22. The molecular weight excluding hydrogens is 307 g/mol. The van der Waals surface area contributed by atoms with Crippen molar-refractivity contribution in [3.05, 3.63) is 30.1 Å². The molecule has 0 saturated carbocycles. The molecule has 0 spiro atoms. The van der Waals surface area contributed by atoms with Gasteiger partial charge in [-0.2, -0.15) is 0 Å². The van der Waals surface area contributed by atoms with Crippen LogP contribution in [-0.2, 0) is 4.79 Å². The Balaban J connectivity index is 0.00000242. The number of nitrogens with zero attached hydrogens (tertiary/aromatic N) is 1. The molecule has 1 N–H and O–H groups in total. The second-order valence-electron chi connectivity index (χ2n) is 5.26. The van der Waals surface area contributed by atoms with Crippen molar-refractivity contribution >= 4 is 18.3 Å². The first-order chi connectivity index (χ1) is 10.2. The van der Waals surface area contributed by atoms with Crippen molar-refractivity contribution in [2.24, 2.45) is 0 Å². The number of halogens is 2. The van der Waals surface area contributed by atoms with Crippen molar-refractivity contribution < 1.29 is 13.9 Å². The molecule has 1 atom stereocenters. The molecule has 6 heteroatoms. The third-order valence-electron chi connectivity index (χ3n) is 3.67. The lowest BCUT2D eigenvalue weighted by Gasteiger charge is -2.28. The summed E-state index contributed by atoms with van der Waals surface area (Å²) < 4.78 is 18.8. The summed E-state index contributed by atoms with van der Waals surface area (Å²) in [6, 6.07) is 6.54. The third-order valence-corrected chi connectivity index (χ3v) is 3.67. The van der Waals surface area contributed by atoms with Crippen LogP contribution in [0, 0.1) is 5.82 Å².